The fourth-order valence-electron chi connectivity index (χ4n) is 2.22. The van der Waals surface area contributed by atoms with Crippen LogP contribution in [0.4, 0.5) is 0 Å². The number of benzene rings is 1. The molecule has 112 valence electrons. The normalized spacial score (nSPS) is 22.2. The first-order valence-corrected chi connectivity index (χ1v) is 8.75. The Bertz CT molecular complexity index is 537. The Morgan fingerprint density at radius 1 is 1.25 bits per heavy atom. The van der Waals surface area contributed by atoms with E-state index in [0.717, 1.165) is 24.9 Å². The molecule has 5 heteroatoms. The summed E-state index contributed by atoms with van der Waals surface area (Å²) in [6.07, 6.45) is 2.00. The lowest BCUT2D eigenvalue weighted by Gasteiger charge is -2.09. The van der Waals surface area contributed by atoms with E-state index in [-0.39, 0.29) is 6.04 Å². The summed E-state index contributed by atoms with van der Waals surface area (Å²) in [7, 11) is -3.36. The van der Waals surface area contributed by atoms with Crippen LogP contribution in [0.3, 0.4) is 0 Å². The Hall–Kier alpha value is -0.910. The van der Waals surface area contributed by atoms with Crippen LogP contribution in [0.1, 0.15) is 39.2 Å². The first-order chi connectivity index (χ1) is 9.42. The van der Waals surface area contributed by atoms with Crippen LogP contribution in [0.25, 0.3) is 0 Å². The molecule has 0 spiro atoms. The van der Waals surface area contributed by atoms with Crippen molar-refractivity contribution in [1.82, 2.24) is 10.0 Å². The second-order valence-electron chi connectivity index (χ2n) is 5.81. The predicted octanol–water partition coefficient (Wildman–Crippen LogP) is 2.26. The van der Waals surface area contributed by atoms with Gasteiger partial charge in [-0.1, -0.05) is 39.3 Å². The minimum Gasteiger partial charge on any atom is -0.310 e. The van der Waals surface area contributed by atoms with Crippen LogP contribution in [0.2, 0.25) is 0 Å². The van der Waals surface area contributed by atoms with E-state index in [0.29, 0.717) is 16.9 Å². The van der Waals surface area contributed by atoms with Crippen LogP contribution in [-0.2, 0) is 16.6 Å². The van der Waals surface area contributed by atoms with Gasteiger partial charge in [-0.3, -0.25) is 0 Å². The molecule has 2 N–H and O–H groups in total. The van der Waals surface area contributed by atoms with E-state index in [9.17, 15) is 8.42 Å². The van der Waals surface area contributed by atoms with Crippen LogP contribution in [0.15, 0.2) is 29.2 Å². The van der Waals surface area contributed by atoms with Crippen molar-refractivity contribution < 1.29 is 8.42 Å². The Balaban J connectivity index is 1.98. The van der Waals surface area contributed by atoms with Gasteiger partial charge in [-0.05, 0) is 30.0 Å². The average Bonchev–Trinajstić information content (AvgIpc) is 3.14. The molecule has 2 unspecified atom stereocenters. The summed E-state index contributed by atoms with van der Waals surface area (Å²) in [6.45, 7) is 7.02. The quantitative estimate of drug-likeness (QED) is 0.811. The standard InChI is InChI=1S/C15H24N2O2S/c1-4-13-9-15(13)17-20(18,19)14-7-5-12(6-8-14)10-16-11(2)3/h5-8,11,13,15-17H,4,9-10H2,1-3H3. The lowest BCUT2D eigenvalue weighted by atomic mass is 10.2. The highest BCUT2D eigenvalue weighted by atomic mass is 32.2. The van der Waals surface area contributed by atoms with Crippen LogP contribution in [0.5, 0.6) is 0 Å². The Labute approximate surface area is 122 Å². The SMILES string of the molecule is CCC1CC1NS(=O)(=O)c1ccc(CNC(C)C)cc1. The lowest BCUT2D eigenvalue weighted by molar-refractivity contribution is 0.575. The van der Waals surface area contributed by atoms with Crippen LogP contribution in [-0.4, -0.2) is 20.5 Å². The molecule has 0 aromatic heterocycles. The minimum absolute atomic E-state index is 0.132. The van der Waals surface area contributed by atoms with E-state index in [1.165, 1.54) is 0 Å². The van der Waals surface area contributed by atoms with Gasteiger partial charge < -0.3 is 5.32 Å². The van der Waals surface area contributed by atoms with Crippen LogP contribution in [0, 0.1) is 5.92 Å². The number of rotatable bonds is 7. The summed E-state index contributed by atoms with van der Waals surface area (Å²) in [5, 5.41) is 3.31. The fraction of sp³-hybridized carbons (Fsp3) is 0.600. The van der Waals surface area contributed by atoms with Crippen LogP contribution >= 0.6 is 0 Å². The van der Waals surface area contributed by atoms with Gasteiger partial charge in [0, 0.05) is 18.6 Å². The van der Waals surface area contributed by atoms with E-state index in [2.05, 4.69) is 30.8 Å². The van der Waals surface area contributed by atoms with Gasteiger partial charge >= 0.3 is 0 Å². The number of sulfonamides is 1. The molecule has 2 rings (SSSR count). The third-order valence-electron chi connectivity index (χ3n) is 3.70. The molecule has 0 saturated heterocycles. The maximum absolute atomic E-state index is 12.2. The molecule has 1 saturated carbocycles. The average molecular weight is 296 g/mol. The molecule has 0 amide bonds. The number of hydrogen-bond acceptors (Lipinski definition) is 3. The van der Waals surface area contributed by atoms with Gasteiger partial charge in [0.2, 0.25) is 10.0 Å². The molecule has 1 aliphatic rings. The molecule has 0 radical (unpaired) electrons. The maximum Gasteiger partial charge on any atom is 0.240 e. The van der Waals surface area contributed by atoms with Gasteiger partial charge in [0.15, 0.2) is 0 Å². The van der Waals surface area contributed by atoms with Gasteiger partial charge in [0.25, 0.3) is 0 Å². The van der Waals surface area contributed by atoms with Gasteiger partial charge in [-0.15, -0.1) is 0 Å². The highest BCUT2D eigenvalue weighted by Gasteiger charge is 2.38. The molecule has 1 fully saturated rings. The third kappa shape index (κ3) is 4.04. The van der Waals surface area contributed by atoms with Gasteiger partial charge in [0.05, 0.1) is 4.90 Å². The van der Waals surface area contributed by atoms with Gasteiger partial charge in [0.1, 0.15) is 0 Å². The van der Waals surface area contributed by atoms with Gasteiger partial charge in [-0.25, -0.2) is 13.1 Å². The first-order valence-electron chi connectivity index (χ1n) is 7.27. The van der Waals surface area contributed by atoms with Crippen molar-refractivity contribution in [3.8, 4) is 0 Å². The van der Waals surface area contributed by atoms with Crippen molar-refractivity contribution in [2.45, 2.75) is 57.1 Å². The summed E-state index contributed by atoms with van der Waals surface area (Å²) >= 11 is 0. The molecule has 20 heavy (non-hydrogen) atoms. The smallest absolute Gasteiger partial charge is 0.240 e. The molecular formula is C15H24N2O2S. The van der Waals surface area contributed by atoms with E-state index in [1.54, 1.807) is 12.1 Å². The fourth-order valence-corrected chi connectivity index (χ4v) is 3.54. The van der Waals surface area contributed by atoms with Crippen molar-refractivity contribution in [2.75, 3.05) is 0 Å². The van der Waals surface area contributed by atoms with E-state index in [4.69, 9.17) is 0 Å². The summed E-state index contributed by atoms with van der Waals surface area (Å²) in [6, 6.07) is 7.65. The van der Waals surface area contributed by atoms with E-state index < -0.39 is 10.0 Å². The van der Waals surface area contributed by atoms with Crippen molar-refractivity contribution in [1.29, 1.82) is 0 Å². The maximum atomic E-state index is 12.2. The Kier molecular flexibility index (Phi) is 4.83. The van der Waals surface area contributed by atoms with Gasteiger partial charge in [-0.2, -0.15) is 0 Å². The van der Waals surface area contributed by atoms with Crippen molar-refractivity contribution in [3.05, 3.63) is 29.8 Å². The molecular weight excluding hydrogens is 272 g/mol. The zero-order valence-corrected chi connectivity index (χ0v) is 13.2. The predicted molar refractivity (Wildman–Crippen MR) is 80.9 cm³/mol. The monoisotopic (exact) mass is 296 g/mol. The zero-order chi connectivity index (χ0) is 14.8. The highest BCUT2D eigenvalue weighted by molar-refractivity contribution is 7.89. The third-order valence-corrected chi connectivity index (χ3v) is 5.21. The second-order valence-corrected chi connectivity index (χ2v) is 7.53. The lowest BCUT2D eigenvalue weighted by Crippen LogP contribution is -2.27. The van der Waals surface area contributed by atoms with E-state index in [1.807, 2.05) is 12.1 Å². The summed E-state index contributed by atoms with van der Waals surface area (Å²) in [5.41, 5.74) is 1.09. The zero-order valence-electron chi connectivity index (χ0n) is 12.4. The van der Waals surface area contributed by atoms with Crippen molar-refractivity contribution >= 4 is 10.0 Å². The topological polar surface area (TPSA) is 58.2 Å². The first kappa shape index (κ1) is 15.5. The Morgan fingerprint density at radius 3 is 2.40 bits per heavy atom. The molecule has 4 nitrogen and oxygen atoms in total. The second kappa shape index (κ2) is 6.24. The molecule has 1 aromatic rings. The summed E-state index contributed by atoms with van der Waals surface area (Å²) < 4.78 is 27.2. The summed E-state index contributed by atoms with van der Waals surface area (Å²) in [5.74, 6) is 0.513. The molecule has 2 atom stereocenters. The van der Waals surface area contributed by atoms with Crippen molar-refractivity contribution in [2.24, 2.45) is 5.92 Å². The Morgan fingerprint density at radius 2 is 1.90 bits per heavy atom. The number of hydrogen-bond donors (Lipinski definition) is 2. The highest BCUT2D eigenvalue weighted by Crippen LogP contribution is 2.34. The molecule has 0 heterocycles. The molecule has 1 aromatic carbocycles. The van der Waals surface area contributed by atoms with Crippen LogP contribution < -0.4 is 10.0 Å². The minimum atomic E-state index is -3.36. The summed E-state index contributed by atoms with van der Waals surface area (Å²) in [4.78, 5) is 0.354. The number of nitrogens with one attached hydrogen (secondary N) is 2. The van der Waals surface area contributed by atoms with E-state index >= 15 is 0 Å². The van der Waals surface area contributed by atoms with Crippen molar-refractivity contribution in [3.63, 3.8) is 0 Å². The molecule has 1 aliphatic carbocycles. The molecule has 0 bridgehead atoms. The largest absolute Gasteiger partial charge is 0.310 e. The molecule has 0 aliphatic heterocycles.